The van der Waals surface area contributed by atoms with Gasteiger partial charge in [0.1, 0.15) is 5.75 Å². The minimum Gasteiger partial charge on any atom is -0.493 e. The molecule has 0 spiro atoms. The van der Waals surface area contributed by atoms with Gasteiger partial charge in [-0.2, -0.15) is 0 Å². The first-order chi connectivity index (χ1) is 15.7. The van der Waals surface area contributed by atoms with E-state index in [0.717, 1.165) is 40.3 Å². The number of pyridine rings is 1. The Morgan fingerprint density at radius 2 is 1.79 bits per heavy atom. The van der Waals surface area contributed by atoms with Crippen LogP contribution < -0.4 is 10.3 Å². The molecule has 1 N–H and O–H groups in total. The highest BCUT2D eigenvalue weighted by molar-refractivity contribution is 5.92. The first kappa shape index (κ1) is 23.6. The number of fused-ring (bicyclic) bond motifs is 1. The van der Waals surface area contributed by atoms with Gasteiger partial charge in [-0.25, -0.2) is 0 Å². The van der Waals surface area contributed by atoms with Crippen molar-refractivity contribution >= 4 is 10.9 Å². The molecular weight excluding hydrogens is 410 g/mol. The van der Waals surface area contributed by atoms with Crippen LogP contribution in [-0.4, -0.2) is 40.2 Å². The minimum atomic E-state index is 0.0633. The average Bonchev–Trinajstić information content (AvgIpc) is 3.17. The number of ether oxygens (including phenoxy) is 1. The van der Waals surface area contributed by atoms with Crippen LogP contribution in [0.5, 0.6) is 5.75 Å². The van der Waals surface area contributed by atoms with E-state index in [9.17, 15) is 4.79 Å². The number of piperidine rings is 1. The molecule has 0 aliphatic carbocycles. The molecular formula is C28H39N3O2. The van der Waals surface area contributed by atoms with E-state index in [0.29, 0.717) is 17.9 Å². The smallest absolute Gasteiger partial charge is 0.253 e. The van der Waals surface area contributed by atoms with E-state index in [1.165, 1.54) is 36.9 Å². The summed E-state index contributed by atoms with van der Waals surface area (Å²) >= 11 is 0. The van der Waals surface area contributed by atoms with Crippen molar-refractivity contribution in [3.8, 4) is 17.0 Å². The van der Waals surface area contributed by atoms with Gasteiger partial charge in [-0.15, -0.1) is 0 Å². The number of rotatable bonds is 6. The molecule has 0 amide bonds. The highest BCUT2D eigenvalue weighted by Crippen LogP contribution is 2.38. The van der Waals surface area contributed by atoms with E-state index >= 15 is 0 Å². The SMILES string of the molecule is Cc1c(-c2[nH]c3ccc(OCC4CCN(C(C)C)CC4)cc3c2C(C)C)cn(C)c(=O)c1C. The Labute approximate surface area is 197 Å². The van der Waals surface area contributed by atoms with Crippen molar-refractivity contribution in [1.29, 1.82) is 0 Å². The predicted octanol–water partition coefficient (Wildman–Crippen LogP) is 5.77. The van der Waals surface area contributed by atoms with E-state index in [2.05, 4.69) is 55.8 Å². The number of nitrogens with zero attached hydrogens (tertiary/aromatic N) is 2. The zero-order valence-electron chi connectivity index (χ0n) is 21.3. The van der Waals surface area contributed by atoms with Gasteiger partial charge in [0.15, 0.2) is 0 Å². The molecule has 0 bridgehead atoms. The molecule has 0 atom stereocenters. The molecule has 4 rings (SSSR count). The number of nitrogens with one attached hydrogen (secondary N) is 1. The largest absolute Gasteiger partial charge is 0.493 e. The van der Waals surface area contributed by atoms with Crippen LogP contribution in [0.2, 0.25) is 0 Å². The molecule has 2 aromatic heterocycles. The zero-order chi connectivity index (χ0) is 23.9. The number of benzene rings is 1. The molecule has 5 nitrogen and oxygen atoms in total. The summed E-state index contributed by atoms with van der Waals surface area (Å²) in [6, 6.07) is 7.03. The van der Waals surface area contributed by atoms with Gasteiger partial charge < -0.3 is 19.2 Å². The van der Waals surface area contributed by atoms with Gasteiger partial charge in [0.05, 0.1) is 12.3 Å². The van der Waals surface area contributed by atoms with E-state index in [1.807, 2.05) is 27.1 Å². The normalized spacial score (nSPS) is 15.8. The third-order valence-corrected chi connectivity index (χ3v) is 7.45. The lowest BCUT2D eigenvalue weighted by atomic mass is 9.94. The van der Waals surface area contributed by atoms with Crippen molar-refractivity contribution in [2.75, 3.05) is 19.7 Å². The van der Waals surface area contributed by atoms with Crippen LogP contribution in [-0.2, 0) is 7.05 Å². The van der Waals surface area contributed by atoms with Crippen LogP contribution in [0.4, 0.5) is 0 Å². The standard InChI is InChI=1S/C28H39N3O2/c1-17(2)26-23-14-22(33-16-21-10-12-31(13-11-21)18(3)4)8-9-25(23)29-27(26)24-15-30(7)28(32)20(6)19(24)5/h8-9,14-15,17-18,21,29H,10-13,16H2,1-7H3. The number of aryl methyl sites for hydroxylation is 1. The summed E-state index contributed by atoms with van der Waals surface area (Å²) in [7, 11) is 1.83. The predicted molar refractivity (Wildman–Crippen MR) is 137 cm³/mol. The van der Waals surface area contributed by atoms with Crippen LogP contribution in [0.1, 0.15) is 63.1 Å². The summed E-state index contributed by atoms with van der Waals surface area (Å²) in [5, 5.41) is 1.21. The number of aromatic nitrogens is 2. The number of hydrogen-bond donors (Lipinski definition) is 1. The van der Waals surface area contributed by atoms with Gasteiger partial charge in [0.2, 0.25) is 0 Å². The second-order valence-electron chi connectivity index (χ2n) is 10.4. The molecule has 33 heavy (non-hydrogen) atoms. The molecule has 1 saturated heterocycles. The third-order valence-electron chi connectivity index (χ3n) is 7.45. The van der Waals surface area contributed by atoms with Crippen molar-refractivity contribution < 1.29 is 4.74 Å². The van der Waals surface area contributed by atoms with Gasteiger partial charge >= 0.3 is 0 Å². The fourth-order valence-corrected chi connectivity index (χ4v) is 5.17. The Hall–Kier alpha value is -2.53. The Bertz CT molecular complexity index is 1190. The van der Waals surface area contributed by atoms with Crippen LogP contribution in [0.3, 0.4) is 0 Å². The number of H-pyrrole nitrogens is 1. The highest BCUT2D eigenvalue weighted by atomic mass is 16.5. The molecule has 3 aromatic rings. The Balaban J connectivity index is 1.63. The zero-order valence-corrected chi connectivity index (χ0v) is 21.3. The summed E-state index contributed by atoms with van der Waals surface area (Å²) in [4.78, 5) is 18.6. The molecule has 1 aliphatic rings. The first-order valence-electron chi connectivity index (χ1n) is 12.4. The molecule has 3 heterocycles. The van der Waals surface area contributed by atoms with Crippen molar-refractivity contribution in [3.63, 3.8) is 0 Å². The molecule has 5 heteroatoms. The lowest BCUT2D eigenvalue weighted by Crippen LogP contribution is -2.39. The van der Waals surface area contributed by atoms with Crippen LogP contribution >= 0.6 is 0 Å². The van der Waals surface area contributed by atoms with E-state index in [1.54, 1.807) is 4.57 Å². The monoisotopic (exact) mass is 449 g/mol. The van der Waals surface area contributed by atoms with Crippen LogP contribution in [0.15, 0.2) is 29.2 Å². The summed E-state index contributed by atoms with van der Waals surface area (Å²) in [5.74, 6) is 1.90. The molecule has 1 fully saturated rings. The second-order valence-corrected chi connectivity index (χ2v) is 10.4. The molecule has 1 aromatic carbocycles. The fourth-order valence-electron chi connectivity index (χ4n) is 5.17. The van der Waals surface area contributed by atoms with E-state index in [-0.39, 0.29) is 5.56 Å². The summed E-state index contributed by atoms with van der Waals surface area (Å²) in [5.41, 5.74) is 6.49. The Morgan fingerprint density at radius 1 is 1.09 bits per heavy atom. The van der Waals surface area contributed by atoms with Crippen LogP contribution in [0.25, 0.3) is 22.2 Å². The maximum Gasteiger partial charge on any atom is 0.253 e. The third kappa shape index (κ3) is 4.61. The number of aromatic amines is 1. The molecule has 0 saturated carbocycles. The van der Waals surface area contributed by atoms with Gasteiger partial charge in [0, 0.05) is 41.3 Å². The van der Waals surface area contributed by atoms with Crippen LogP contribution in [0, 0.1) is 19.8 Å². The van der Waals surface area contributed by atoms with E-state index in [4.69, 9.17) is 4.74 Å². The molecule has 0 unspecified atom stereocenters. The first-order valence-corrected chi connectivity index (χ1v) is 12.4. The Morgan fingerprint density at radius 3 is 2.42 bits per heavy atom. The van der Waals surface area contributed by atoms with Crippen molar-refractivity contribution in [2.24, 2.45) is 13.0 Å². The van der Waals surface area contributed by atoms with Gasteiger partial charge in [-0.1, -0.05) is 13.8 Å². The van der Waals surface area contributed by atoms with Crippen molar-refractivity contribution in [1.82, 2.24) is 14.5 Å². The van der Waals surface area contributed by atoms with E-state index < -0.39 is 0 Å². The maximum absolute atomic E-state index is 12.4. The Kier molecular flexibility index (Phi) is 6.71. The van der Waals surface area contributed by atoms with Gasteiger partial charge in [-0.3, -0.25) is 4.79 Å². The van der Waals surface area contributed by atoms with Gasteiger partial charge in [0.25, 0.3) is 5.56 Å². The molecule has 0 radical (unpaired) electrons. The maximum atomic E-state index is 12.4. The summed E-state index contributed by atoms with van der Waals surface area (Å²) < 4.78 is 7.99. The lowest BCUT2D eigenvalue weighted by Gasteiger charge is -2.34. The van der Waals surface area contributed by atoms with Gasteiger partial charge in [-0.05, 0) is 94.8 Å². The minimum absolute atomic E-state index is 0.0633. The summed E-state index contributed by atoms with van der Waals surface area (Å²) in [6.07, 6.45) is 4.37. The highest BCUT2D eigenvalue weighted by Gasteiger charge is 2.22. The second kappa shape index (κ2) is 9.38. The van der Waals surface area contributed by atoms with Crippen molar-refractivity contribution in [3.05, 3.63) is 51.4 Å². The summed E-state index contributed by atoms with van der Waals surface area (Å²) in [6.45, 7) is 16.1. The number of likely N-dealkylation sites (tertiary alicyclic amines) is 1. The topological polar surface area (TPSA) is 50.3 Å². The molecule has 1 aliphatic heterocycles. The van der Waals surface area contributed by atoms with Crippen molar-refractivity contribution in [2.45, 2.75) is 66.3 Å². The quantitative estimate of drug-likeness (QED) is 0.519. The fraction of sp³-hybridized carbons (Fsp3) is 0.536. The molecule has 178 valence electrons. The lowest BCUT2D eigenvalue weighted by molar-refractivity contribution is 0.119. The average molecular weight is 450 g/mol. The number of hydrogen-bond acceptors (Lipinski definition) is 3.